The van der Waals surface area contributed by atoms with Gasteiger partial charge in [-0.2, -0.15) is 0 Å². The summed E-state index contributed by atoms with van der Waals surface area (Å²) in [7, 11) is 1.42. The Balaban J connectivity index is 2.02. The molecule has 1 aromatic carbocycles. The molecule has 10 heteroatoms. The SMILES string of the molecule is COc1ccc2c(O[C@@H]3O[C@H](CO)[C@@H](O)[C@H](O)[C@@H]3O)c(O)c(=O)oc2c1. The van der Waals surface area contributed by atoms with Crippen LogP contribution in [0.4, 0.5) is 0 Å². The predicted octanol–water partition coefficient (Wildman–Crippen LogP) is -1.31. The summed E-state index contributed by atoms with van der Waals surface area (Å²) in [5.41, 5.74) is -1.04. The number of hydrogen-bond donors (Lipinski definition) is 5. The standard InChI is InChI=1S/C16H18O10/c1-23-6-2-3-7-8(4-6)24-15(22)13(21)14(7)26-16-12(20)11(19)10(18)9(5-17)25-16/h2-4,9-12,16-21H,5H2,1H3/t9-,10-,11+,12+,16+/m1/s1. The summed E-state index contributed by atoms with van der Waals surface area (Å²) >= 11 is 0. The average Bonchev–Trinajstić information content (AvgIpc) is 2.64. The number of ether oxygens (including phenoxy) is 3. The average molecular weight is 370 g/mol. The van der Waals surface area contributed by atoms with E-state index in [0.29, 0.717) is 5.75 Å². The first-order chi connectivity index (χ1) is 12.4. The van der Waals surface area contributed by atoms with Crippen LogP contribution in [0.1, 0.15) is 0 Å². The van der Waals surface area contributed by atoms with Crippen LogP contribution < -0.4 is 15.1 Å². The van der Waals surface area contributed by atoms with Crippen LogP contribution >= 0.6 is 0 Å². The lowest BCUT2D eigenvalue weighted by Crippen LogP contribution is -2.60. The Kier molecular flexibility index (Phi) is 5.03. The van der Waals surface area contributed by atoms with Gasteiger partial charge in [-0.3, -0.25) is 0 Å². The Hall–Kier alpha value is -2.37. The van der Waals surface area contributed by atoms with Crippen molar-refractivity contribution in [3.63, 3.8) is 0 Å². The molecule has 5 atom stereocenters. The highest BCUT2D eigenvalue weighted by Crippen LogP contribution is 2.36. The van der Waals surface area contributed by atoms with Gasteiger partial charge in [0.25, 0.3) is 0 Å². The molecular formula is C16H18O10. The molecule has 1 fully saturated rings. The molecule has 0 saturated carbocycles. The van der Waals surface area contributed by atoms with E-state index in [1.165, 1.54) is 25.3 Å². The fourth-order valence-corrected chi connectivity index (χ4v) is 2.67. The minimum Gasteiger partial charge on any atom is -0.499 e. The maximum absolute atomic E-state index is 11.8. The third kappa shape index (κ3) is 3.08. The van der Waals surface area contributed by atoms with Crippen LogP contribution in [-0.4, -0.2) is 70.0 Å². The minimum atomic E-state index is -1.70. The Morgan fingerprint density at radius 3 is 2.54 bits per heavy atom. The van der Waals surface area contributed by atoms with Crippen molar-refractivity contribution in [2.24, 2.45) is 0 Å². The number of aliphatic hydroxyl groups is 4. The van der Waals surface area contributed by atoms with Gasteiger partial charge in [-0.25, -0.2) is 4.79 Å². The summed E-state index contributed by atoms with van der Waals surface area (Å²) in [6, 6.07) is 4.38. The van der Waals surface area contributed by atoms with Gasteiger partial charge in [-0.05, 0) is 12.1 Å². The molecule has 2 aromatic rings. The summed E-state index contributed by atoms with van der Waals surface area (Å²) in [5, 5.41) is 49.1. The van der Waals surface area contributed by atoms with Crippen molar-refractivity contribution in [2.45, 2.75) is 30.7 Å². The maximum atomic E-state index is 11.8. The zero-order valence-corrected chi connectivity index (χ0v) is 13.6. The first-order valence-corrected chi connectivity index (χ1v) is 7.68. The monoisotopic (exact) mass is 370 g/mol. The van der Waals surface area contributed by atoms with Crippen LogP contribution in [-0.2, 0) is 4.74 Å². The van der Waals surface area contributed by atoms with E-state index in [1.54, 1.807) is 0 Å². The van der Waals surface area contributed by atoms with Crippen molar-refractivity contribution in [2.75, 3.05) is 13.7 Å². The molecular weight excluding hydrogens is 352 g/mol. The number of aliphatic hydroxyl groups excluding tert-OH is 4. The molecule has 0 amide bonds. The molecule has 10 nitrogen and oxygen atoms in total. The lowest BCUT2D eigenvalue weighted by molar-refractivity contribution is -0.277. The number of fused-ring (bicyclic) bond motifs is 1. The molecule has 142 valence electrons. The lowest BCUT2D eigenvalue weighted by atomic mass is 9.99. The molecule has 2 heterocycles. The summed E-state index contributed by atoms with van der Waals surface area (Å²) in [4.78, 5) is 11.8. The highest BCUT2D eigenvalue weighted by Gasteiger charge is 2.45. The van der Waals surface area contributed by atoms with E-state index >= 15 is 0 Å². The van der Waals surface area contributed by atoms with E-state index < -0.39 is 48.7 Å². The Labute approximate surface area is 146 Å². The molecule has 26 heavy (non-hydrogen) atoms. The van der Waals surface area contributed by atoms with Crippen LogP contribution in [0, 0.1) is 0 Å². The second kappa shape index (κ2) is 7.09. The highest BCUT2D eigenvalue weighted by molar-refractivity contribution is 5.86. The van der Waals surface area contributed by atoms with E-state index in [4.69, 9.17) is 18.6 Å². The lowest BCUT2D eigenvalue weighted by Gasteiger charge is -2.39. The molecule has 3 rings (SSSR count). The van der Waals surface area contributed by atoms with Crippen molar-refractivity contribution in [1.82, 2.24) is 0 Å². The van der Waals surface area contributed by atoms with Crippen molar-refractivity contribution >= 4 is 11.0 Å². The minimum absolute atomic E-state index is 0.0479. The number of rotatable bonds is 4. The summed E-state index contributed by atoms with van der Waals surface area (Å²) in [6.07, 6.45) is -7.70. The first kappa shape index (κ1) is 18.4. The maximum Gasteiger partial charge on any atom is 0.382 e. The van der Waals surface area contributed by atoms with E-state index in [0.717, 1.165) is 0 Å². The van der Waals surface area contributed by atoms with Gasteiger partial charge in [0.1, 0.15) is 35.7 Å². The third-order valence-electron chi connectivity index (χ3n) is 4.13. The second-order valence-electron chi connectivity index (χ2n) is 5.74. The third-order valence-corrected chi connectivity index (χ3v) is 4.13. The predicted molar refractivity (Wildman–Crippen MR) is 85.1 cm³/mol. The smallest absolute Gasteiger partial charge is 0.382 e. The van der Waals surface area contributed by atoms with Gasteiger partial charge in [0.05, 0.1) is 19.1 Å². The topological polar surface area (TPSA) is 159 Å². The van der Waals surface area contributed by atoms with Gasteiger partial charge < -0.3 is 44.2 Å². The van der Waals surface area contributed by atoms with Gasteiger partial charge in [0, 0.05) is 6.07 Å². The first-order valence-electron chi connectivity index (χ1n) is 7.68. The Morgan fingerprint density at radius 2 is 1.88 bits per heavy atom. The highest BCUT2D eigenvalue weighted by atomic mass is 16.7. The fourth-order valence-electron chi connectivity index (χ4n) is 2.67. The van der Waals surface area contributed by atoms with Crippen LogP contribution in [0.3, 0.4) is 0 Å². The van der Waals surface area contributed by atoms with E-state index in [1.807, 2.05) is 0 Å². The molecule has 5 N–H and O–H groups in total. The summed E-state index contributed by atoms with van der Waals surface area (Å²) in [5.74, 6) is -0.812. The van der Waals surface area contributed by atoms with Crippen LogP contribution in [0.5, 0.6) is 17.2 Å². The van der Waals surface area contributed by atoms with Crippen molar-refractivity contribution < 1.29 is 44.2 Å². The zero-order valence-electron chi connectivity index (χ0n) is 13.6. The molecule has 0 spiro atoms. The molecule has 1 aromatic heterocycles. The summed E-state index contributed by atoms with van der Waals surface area (Å²) < 4.78 is 20.6. The van der Waals surface area contributed by atoms with Gasteiger partial charge in [-0.1, -0.05) is 0 Å². The normalized spacial score (nSPS) is 28.9. The molecule has 1 aliphatic rings. The van der Waals surface area contributed by atoms with Gasteiger partial charge in [0.15, 0.2) is 5.75 Å². The van der Waals surface area contributed by atoms with Crippen molar-refractivity contribution in [3.05, 3.63) is 28.6 Å². The van der Waals surface area contributed by atoms with Gasteiger partial charge >= 0.3 is 5.63 Å². The molecule has 0 unspecified atom stereocenters. The molecule has 1 aliphatic heterocycles. The quantitative estimate of drug-likeness (QED) is 0.409. The van der Waals surface area contributed by atoms with E-state index in [9.17, 15) is 30.3 Å². The number of aromatic hydroxyl groups is 1. The van der Waals surface area contributed by atoms with Crippen molar-refractivity contribution in [3.8, 4) is 17.2 Å². The van der Waals surface area contributed by atoms with Gasteiger partial charge in [-0.15, -0.1) is 0 Å². The molecule has 1 saturated heterocycles. The van der Waals surface area contributed by atoms with Crippen LogP contribution in [0.15, 0.2) is 27.4 Å². The number of methoxy groups -OCH3 is 1. The summed E-state index contributed by atoms with van der Waals surface area (Å²) in [6.45, 7) is -0.647. The molecule has 0 bridgehead atoms. The Morgan fingerprint density at radius 1 is 1.15 bits per heavy atom. The van der Waals surface area contributed by atoms with Crippen LogP contribution in [0.25, 0.3) is 11.0 Å². The van der Waals surface area contributed by atoms with Gasteiger partial charge in [0.2, 0.25) is 12.0 Å². The Bertz CT molecular complexity index is 845. The number of hydrogen-bond acceptors (Lipinski definition) is 10. The van der Waals surface area contributed by atoms with E-state index in [-0.39, 0.29) is 16.7 Å². The largest absolute Gasteiger partial charge is 0.499 e. The number of benzene rings is 1. The van der Waals surface area contributed by atoms with Crippen molar-refractivity contribution in [1.29, 1.82) is 0 Å². The van der Waals surface area contributed by atoms with Crippen LogP contribution in [0.2, 0.25) is 0 Å². The molecule has 0 radical (unpaired) electrons. The molecule has 0 aliphatic carbocycles. The zero-order chi connectivity index (χ0) is 19.0. The fraction of sp³-hybridized carbons (Fsp3) is 0.438. The second-order valence-corrected chi connectivity index (χ2v) is 5.74. The van der Waals surface area contributed by atoms with E-state index in [2.05, 4.69) is 0 Å².